The van der Waals surface area contributed by atoms with Crippen LogP contribution in [-0.4, -0.2) is 22.6 Å². The minimum Gasteiger partial charge on any atom is -0.356 e. The minimum absolute atomic E-state index is 0.0487. The molecule has 0 amide bonds. The molecule has 1 saturated heterocycles. The number of H-pyrrole nitrogens is 1. The van der Waals surface area contributed by atoms with Crippen molar-refractivity contribution < 1.29 is 0 Å². The van der Waals surface area contributed by atoms with Crippen molar-refractivity contribution in [3.05, 3.63) is 26.4 Å². The summed E-state index contributed by atoms with van der Waals surface area (Å²) in [5.41, 5.74) is -0.670. The number of hydrogen-bond donors (Lipinski definition) is 1. The quantitative estimate of drug-likeness (QED) is 0.855. The second kappa shape index (κ2) is 5.88. The van der Waals surface area contributed by atoms with E-state index in [2.05, 4.69) is 16.8 Å². The van der Waals surface area contributed by atoms with Crippen molar-refractivity contribution in [3.8, 4) is 6.07 Å². The Morgan fingerprint density at radius 2 is 1.96 bits per heavy atom. The number of rotatable bonds is 1. The van der Waals surface area contributed by atoms with Crippen LogP contribution >= 0.6 is 0 Å². The molecule has 0 aromatic carbocycles. The Morgan fingerprint density at radius 3 is 2.61 bits per heavy atom. The van der Waals surface area contributed by atoms with Gasteiger partial charge in [-0.2, -0.15) is 5.26 Å². The molecule has 1 spiro atoms. The van der Waals surface area contributed by atoms with Gasteiger partial charge in [0.05, 0.1) is 0 Å². The third kappa shape index (κ3) is 2.58. The smallest absolute Gasteiger partial charge is 0.329 e. The van der Waals surface area contributed by atoms with Gasteiger partial charge < -0.3 is 4.90 Å². The van der Waals surface area contributed by atoms with Crippen LogP contribution in [0.1, 0.15) is 51.0 Å². The van der Waals surface area contributed by atoms with E-state index in [9.17, 15) is 14.9 Å². The van der Waals surface area contributed by atoms with E-state index < -0.39 is 11.2 Å². The molecule has 1 aromatic rings. The van der Waals surface area contributed by atoms with Crippen molar-refractivity contribution >= 4 is 5.82 Å². The normalized spacial score (nSPS) is 23.7. The molecular weight excluding hydrogens is 292 g/mol. The third-order valence-electron chi connectivity index (χ3n) is 5.95. The molecule has 1 aliphatic heterocycles. The molecule has 1 saturated carbocycles. The molecule has 124 valence electrons. The predicted molar refractivity (Wildman–Crippen MR) is 88.5 cm³/mol. The Bertz CT molecular complexity index is 749. The number of aromatic nitrogens is 2. The maximum Gasteiger partial charge on any atom is 0.329 e. The average molecular weight is 316 g/mol. The standard InChI is InChI=1S/C17H24N4O2/c1-12-6-9-21(11-17(12)7-4-3-5-8-17)14-13(10-18)15(22)20(2)16(23)19-14/h12H,3-9,11H2,1-2H3,(H,19,23). The van der Waals surface area contributed by atoms with E-state index in [-0.39, 0.29) is 11.0 Å². The van der Waals surface area contributed by atoms with E-state index in [4.69, 9.17) is 0 Å². The highest BCUT2D eigenvalue weighted by molar-refractivity contribution is 5.53. The summed E-state index contributed by atoms with van der Waals surface area (Å²) in [4.78, 5) is 29.0. The lowest BCUT2D eigenvalue weighted by Gasteiger charge is -2.50. The number of hydrogen-bond acceptors (Lipinski definition) is 4. The van der Waals surface area contributed by atoms with Crippen molar-refractivity contribution in [1.82, 2.24) is 9.55 Å². The largest absolute Gasteiger partial charge is 0.356 e. The number of nitrogens with one attached hydrogen (secondary N) is 1. The molecule has 1 aliphatic carbocycles. The van der Waals surface area contributed by atoms with Gasteiger partial charge >= 0.3 is 5.69 Å². The molecule has 0 radical (unpaired) electrons. The van der Waals surface area contributed by atoms with Crippen LogP contribution in [0.25, 0.3) is 0 Å². The summed E-state index contributed by atoms with van der Waals surface area (Å²) in [5.74, 6) is 1.06. The Morgan fingerprint density at radius 1 is 1.26 bits per heavy atom. The van der Waals surface area contributed by atoms with Gasteiger partial charge in [-0.15, -0.1) is 0 Å². The summed E-state index contributed by atoms with van der Waals surface area (Å²) < 4.78 is 0.963. The molecule has 1 N–H and O–H groups in total. The van der Waals surface area contributed by atoms with Gasteiger partial charge in [-0.1, -0.05) is 26.2 Å². The van der Waals surface area contributed by atoms with E-state index in [1.165, 1.54) is 39.2 Å². The fraction of sp³-hybridized carbons (Fsp3) is 0.706. The molecule has 6 nitrogen and oxygen atoms in total. The zero-order chi connectivity index (χ0) is 16.6. The molecule has 2 aliphatic rings. The summed E-state index contributed by atoms with van der Waals surface area (Å²) in [6.07, 6.45) is 7.21. The molecule has 1 aromatic heterocycles. The number of nitrogens with zero attached hydrogens (tertiary/aromatic N) is 3. The first kappa shape index (κ1) is 15.9. The van der Waals surface area contributed by atoms with Crippen LogP contribution in [0.3, 0.4) is 0 Å². The third-order valence-corrected chi connectivity index (χ3v) is 5.95. The maximum atomic E-state index is 12.2. The molecule has 1 unspecified atom stereocenters. The Hall–Kier alpha value is -2.03. The highest BCUT2D eigenvalue weighted by atomic mass is 16.2. The van der Waals surface area contributed by atoms with Gasteiger partial charge in [0.25, 0.3) is 5.56 Å². The monoisotopic (exact) mass is 316 g/mol. The van der Waals surface area contributed by atoms with E-state index in [0.29, 0.717) is 11.7 Å². The van der Waals surface area contributed by atoms with E-state index in [1.54, 1.807) is 0 Å². The lowest BCUT2D eigenvalue weighted by Crippen LogP contribution is -2.50. The second-order valence-electron chi connectivity index (χ2n) is 7.16. The summed E-state index contributed by atoms with van der Waals surface area (Å²) >= 11 is 0. The van der Waals surface area contributed by atoms with E-state index >= 15 is 0 Å². The topological polar surface area (TPSA) is 81.9 Å². The van der Waals surface area contributed by atoms with Crippen LogP contribution in [0.4, 0.5) is 5.82 Å². The van der Waals surface area contributed by atoms with Crippen molar-refractivity contribution in [1.29, 1.82) is 5.26 Å². The Kier molecular flexibility index (Phi) is 4.05. The highest BCUT2D eigenvalue weighted by Crippen LogP contribution is 2.47. The lowest BCUT2D eigenvalue weighted by molar-refractivity contribution is 0.0882. The molecule has 2 heterocycles. The number of nitriles is 1. The summed E-state index contributed by atoms with van der Waals surface area (Å²) in [6, 6.07) is 1.99. The fourth-order valence-electron chi connectivity index (χ4n) is 4.32. The van der Waals surface area contributed by atoms with Gasteiger partial charge in [0.15, 0.2) is 5.56 Å². The predicted octanol–water partition coefficient (Wildman–Crippen LogP) is 1.74. The number of anilines is 1. The summed E-state index contributed by atoms with van der Waals surface area (Å²) in [7, 11) is 1.40. The molecule has 1 atom stereocenters. The van der Waals surface area contributed by atoms with Crippen molar-refractivity contribution in [2.45, 2.75) is 45.4 Å². The summed E-state index contributed by atoms with van der Waals surface area (Å²) in [6.45, 7) is 3.92. The molecule has 23 heavy (non-hydrogen) atoms. The molecule has 0 bridgehead atoms. The number of aromatic amines is 1. The van der Waals surface area contributed by atoms with Crippen LogP contribution in [0.15, 0.2) is 9.59 Å². The van der Waals surface area contributed by atoms with Gasteiger partial charge in [0.1, 0.15) is 11.9 Å². The fourth-order valence-corrected chi connectivity index (χ4v) is 4.32. The average Bonchev–Trinajstić information content (AvgIpc) is 2.56. The van der Waals surface area contributed by atoms with E-state index in [0.717, 1.165) is 24.1 Å². The Balaban J connectivity index is 2.01. The lowest BCUT2D eigenvalue weighted by atomic mass is 9.63. The first-order valence-corrected chi connectivity index (χ1v) is 8.47. The van der Waals surface area contributed by atoms with Gasteiger partial charge in [0, 0.05) is 20.1 Å². The van der Waals surface area contributed by atoms with Gasteiger partial charge in [0.2, 0.25) is 0 Å². The first-order valence-electron chi connectivity index (χ1n) is 8.47. The van der Waals surface area contributed by atoms with Gasteiger partial charge in [-0.05, 0) is 30.6 Å². The van der Waals surface area contributed by atoms with Crippen LogP contribution < -0.4 is 16.1 Å². The van der Waals surface area contributed by atoms with Crippen LogP contribution in [-0.2, 0) is 7.05 Å². The van der Waals surface area contributed by atoms with Gasteiger partial charge in [-0.25, -0.2) is 4.79 Å². The molecule has 6 heteroatoms. The highest BCUT2D eigenvalue weighted by Gasteiger charge is 2.42. The minimum atomic E-state index is -0.512. The van der Waals surface area contributed by atoms with E-state index in [1.807, 2.05) is 6.07 Å². The first-order chi connectivity index (χ1) is 11.0. The SMILES string of the molecule is CC1CCN(c2[nH]c(=O)n(C)c(=O)c2C#N)CC12CCCCC2. The molecule has 2 fully saturated rings. The molecule has 3 rings (SSSR count). The summed E-state index contributed by atoms with van der Waals surface area (Å²) in [5, 5.41) is 9.39. The van der Waals surface area contributed by atoms with Crippen LogP contribution in [0.5, 0.6) is 0 Å². The van der Waals surface area contributed by atoms with Crippen LogP contribution in [0, 0.1) is 22.7 Å². The molecular formula is C17H24N4O2. The van der Waals surface area contributed by atoms with Gasteiger partial charge in [-0.3, -0.25) is 14.3 Å². The zero-order valence-electron chi connectivity index (χ0n) is 13.9. The van der Waals surface area contributed by atoms with Crippen molar-refractivity contribution in [3.63, 3.8) is 0 Å². The second-order valence-corrected chi connectivity index (χ2v) is 7.16. The number of piperidine rings is 1. The Labute approximate surface area is 135 Å². The zero-order valence-corrected chi connectivity index (χ0v) is 13.9. The van der Waals surface area contributed by atoms with Crippen LogP contribution in [0.2, 0.25) is 0 Å². The van der Waals surface area contributed by atoms with Crippen molar-refractivity contribution in [2.24, 2.45) is 18.4 Å². The maximum absolute atomic E-state index is 12.2. The van der Waals surface area contributed by atoms with Crippen molar-refractivity contribution in [2.75, 3.05) is 18.0 Å².